The Morgan fingerprint density at radius 2 is 2.08 bits per heavy atom. The standard InChI is InChI=1S/C10H22N2/c1-5-6-8-12(4)9-7-11-10(2)3/h11H,2,5-9H2,1,3-4H3. The third-order valence-corrected chi connectivity index (χ3v) is 1.81. The lowest BCUT2D eigenvalue weighted by atomic mass is 10.3. The lowest BCUT2D eigenvalue weighted by molar-refractivity contribution is 0.330. The summed E-state index contributed by atoms with van der Waals surface area (Å²) in [5.41, 5.74) is 1.05. The van der Waals surface area contributed by atoms with Gasteiger partial charge in [0.15, 0.2) is 0 Å². The first-order chi connectivity index (χ1) is 5.66. The lowest BCUT2D eigenvalue weighted by Gasteiger charge is -2.16. The first kappa shape index (κ1) is 11.5. The Kier molecular flexibility index (Phi) is 6.87. The molecule has 0 saturated heterocycles. The summed E-state index contributed by atoms with van der Waals surface area (Å²) in [6.07, 6.45) is 2.57. The van der Waals surface area contributed by atoms with Crippen molar-refractivity contribution in [2.75, 3.05) is 26.7 Å². The number of hydrogen-bond acceptors (Lipinski definition) is 2. The van der Waals surface area contributed by atoms with E-state index in [0.717, 1.165) is 18.8 Å². The van der Waals surface area contributed by atoms with E-state index < -0.39 is 0 Å². The highest BCUT2D eigenvalue weighted by Crippen LogP contribution is 1.90. The van der Waals surface area contributed by atoms with Gasteiger partial charge in [-0.2, -0.15) is 0 Å². The normalized spacial score (nSPS) is 10.3. The smallest absolute Gasteiger partial charge is 0.0271 e. The van der Waals surface area contributed by atoms with Gasteiger partial charge in [-0.3, -0.25) is 0 Å². The molecule has 0 bridgehead atoms. The number of nitrogens with zero attached hydrogens (tertiary/aromatic N) is 1. The van der Waals surface area contributed by atoms with Gasteiger partial charge in [0, 0.05) is 18.8 Å². The summed E-state index contributed by atoms with van der Waals surface area (Å²) in [4.78, 5) is 2.35. The molecule has 0 aromatic heterocycles. The zero-order valence-corrected chi connectivity index (χ0v) is 8.69. The van der Waals surface area contributed by atoms with E-state index in [1.807, 2.05) is 6.92 Å². The van der Waals surface area contributed by atoms with Crippen LogP contribution in [0.15, 0.2) is 12.3 Å². The number of rotatable bonds is 7. The Labute approximate surface area is 76.6 Å². The highest BCUT2D eigenvalue weighted by atomic mass is 15.1. The molecule has 0 fully saturated rings. The Morgan fingerprint density at radius 1 is 1.42 bits per heavy atom. The fourth-order valence-electron chi connectivity index (χ4n) is 1.000. The minimum atomic E-state index is 1.01. The van der Waals surface area contributed by atoms with E-state index in [4.69, 9.17) is 0 Å². The number of likely N-dealkylation sites (N-methyl/N-ethyl adjacent to an activating group) is 1. The highest BCUT2D eigenvalue weighted by Gasteiger charge is 1.95. The van der Waals surface area contributed by atoms with Gasteiger partial charge in [0.1, 0.15) is 0 Å². The van der Waals surface area contributed by atoms with Crippen molar-refractivity contribution in [3.8, 4) is 0 Å². The monoisotopic (exact) mass is 170 g/mol. The average molecular weight is 170 g/mol. The van der Waals surface area contributed by atoms with Crippen LogP contribution in [-0.2, 0) is 0 Å². The van der Waals surface area contributed by atoms with Crippen LogP contribution in [0.25, 0.3) is 0 Å². The van der Waals surface area contributed by atoms with Crippen molar-refractivity contribution in [2.45, 2.75) is 26.7 Å². The molecule has 12 heavy (non-hydrogen) atoms. The molecule has 2 heteroatoms. The molecule has 0 spiro atoms. The maximum Gasteiger partial charge on any atom is 0.0271 e. The maximum absolute atomic E-state index is 3.78. The topological polar surface area (TPSA) is 15.3 Å². The van der Waals surface area contributed by atoms with Gasteiger partial charge >= 0.3 is 0 Å². The molecule has 2 nitrogen and oxygen atoms in total. The van der Waals surface area contributed by atoms with E-state index in [1.165, 1.54) is 19.4 Å². The Hall–Kier alpha value is -0.500. The van der Waals surface area contributed by atoms with Crippen LogP contribution in [0, 0.1) is 0 Å². The minimum Gasteiger partial charge on any atom is -0.388 e. The molecule has 0 unspecified atom stereocenters. The van der Waals surface area contributed by atoms with Gasteiger partial charge in [-0.05, 0) is 26.9 Å². The Morgan fingerprint density at radius 3 is 2.58 bits per heavy atom. The van der Waals surface area contributed by atoms with E-state index in [2.05, 4.69) is 30.8 Å². The fourth-order valence-corrected chi connectivity index (χ4v) is 1.000. The van der Waals surface area contributed by atoms with Crippen molar-refractivity contribution in [2.24, 2.45) is 0 Å². The van der Waals surface area contributed by atoms with Crippen molar-refractivity contribution in [1.29, 1.82) is 0 Å². The summed E-state index contributed by atoms with van der Waals surface area (Å²) < 4.78 is 0. The minimum absolute atomic E-state index is 1.01. The Bertz CT molecular complexity index is 121. The molecule has 0 aromatic carbocycles. The largest absolute Gasteiger partial charge is 0.388 e. The molecule has 72 valence electrons. The second-order valence-corrected chi connectivity index (χ2v) is 3.36. The van der Waals surface area contributed by atoms with E-state index in [0.29, 0.717) is 0 Å². The van der Waals surface area contributed by atoms with Crippen LogP contribution >= 0.6 is 0 Å². The fraction of sp³-hybridized carbons (Fsp3) is 0.800. The SMILES string of the molecule is C=C(C)NCCN(C)CCCC. The lowest BCUT2D eigenvalue weighted by Crippen LogP contribution is -2.28. The summed E-state index contributed by atoms with van der Waals surface area (Å²) in [6.45, 7) is 11.3. The van der Waals surface area contributed by atoms with Crippen LogP contribution in [0.1, 0.15) is 26.7 Å². The predicted molar refractivity (Wildman–Crippen MR) is 55.2 cm³/mol. The van der Waals surface area contributed by atoms with Crippen molar-refractivity contribution >= 4 is 0 Å². The first-order valence-corrected chi connectivity index (χ1v) is 4.74. The van der Waals surface area contributed by atoms with Gasteiger partial charge in [0.2, 0.25) is 0 Å². The average Bonchev–Trinajstić information content (AvgIpc) is 2.00. The summed E-state index contributed by atoms with van der Waals surface area (Å²) in [5, 5.41) is 3.22. The number of allylic oxidation sites excluding steroid dienone is 1. The second-order valence-electron chi connectivity index (χ2n) is 3.36. The first-order valence-electron chi connectivity index (χ1n) is 4.74. The Balaban J connectivity index is 3.19. The molecule has 0 aliphatic heterocycles. The molecule has 0 aliphatic rings. The molecular weight excluding hydrogens is 148 g/mol. The van der Waals surface area contributed by atoms with Gasteiger partial charge in [0.05, 0.1) is 0 Å². The quantitative estimate of drug-likeness (QED) is 0.627. The highest BCUT2D eigenvalue weighted by molar-refractivity contribution is 4.84. The predicted octanol–water partition coefficient (Wildman–Crippen LogP) is 1.84. The van der Waals surface area contributed by atoms with E-state index in [9.17, 15) is 0 Å². The summed E-state index contributed by atoms with van der Waals surface area (Å²) >= 11 is 0. The van der Waals surface area contributed by atoms with Crippen molar-refractivity contribution in [1.82, 2.24) is 10.2 Å². The second kappa shape index (κ2) is 7.17. The van der Waals surface area contributed by atoms with Gasteiger partial charge in [-0.1, -0.05) is 19.9 Å². The summed E-state index contributed by atoms with van der Waals surface area (Å²) in [5.74, 6) is 0. The molecule has 0 aromatic rings. The van der Waals surface area contributed by atoms with Crippen LogP contribution in [0.3, 0.4) is 0 Å². The number of hydrogen-bond donors (Lipinski definition) is 1. The van der Waals surface area contributed by atoms with Gasteiger partial charge in [-0.15, -0.1) is 0 Å². The summed E-state index contributed by atoms with van der Waals surface area (Å²) in [6, 6.07) is 0. The van der Waals surface area contributed by atoms with E-state index in [-0.39, 0.29) is 0 Å². The number of nitrogens with one attached hydrogen (secondary N) is 1. The van der Waals surface area contributed by atoms with Crippen molar-refractivity contribution in [3.05, 3.63) is 12.3 Å². The molecule has 0 saturated carbocycles. The zero-order valence-electron chi connectivity index (χ0n) is 8.69. The molecular formula is C10H22N2. The third kappa shape index (κ3) is 7.61. The molecule has 0 rings (SSSR count). The molecule has 0 atom stereocenters. The van der Waals surface area contributed by atoms with Gasteiger partial charge < -0.3 is 10.2 Å². The molecule has 1 N–H and O–H groups in total. The van der Waals surface area contributed by atoms with Crippen molar-refractivity contribution in [3.63, 3.8) is 0 Å². The zero-order chi connectivity index (χ0) is 9.40. The van der Waals surface area contributed by atoms with Crippen LogP contribution in [0.2, 0.25) is 0 Å². The van der Waals surface area contributed by atoms with Gasteiger partial charge in [-0.25, -0.2) is 0 Å². The van der Waals surface area contributed by atoms with Crippen LogP contribution in [-0.4, -0.2) is 31.6 Å². The molecule has 0 amide bonds. The number of unbranched alkanes of at least 4 members (excludes halogenated alkanes) is 1. The maximum atomic E-state index is 3.78. The molecule has 0 heterocycles. The van der Waals surface area contributed by atoms with E-state index in [1.54, 1.807) is 0 Å². The van der Waals surface area contributed by atoms with Crippen molar-refractivity contribution < 1.29 is 0 Å². The molecule has 0 radical (unpaired) electrons. The van der Waals surface area contributed by atoms with E-state index >= 15 is 0 Å². The van der Waals surface area contributed by atoms with Crippen LogP contribution in [0.5, 0.6) is 0 Å². The van der Waals surface area contributed by atoms with Crippen LogP contribution in [0.4, 0.5) is 0 Å². The summed E-state index contributed by atoms with van der Waals surface area (Å²) in [7, 11) is 2.16. The third-order valence-electron chi connectivity index (χ3n) is 1.81. The molecule has 0 aliphatic carbocycles. The van der Waals surface area contributed by atoms with Crippen LogP contribution < -0.4 is 5.32 Å². The van der Waals surface area contributed by atoms with Gasteiger partial charge in [0.25, 0.3) is 0 Å².